The SMILES string of the molecule is CC(=O)Nc1ccc([S+]([O-])c2ccc(C(C)=O)cc2)cc1N. The Labute approximate surface area is 131 Å². The van der Waals surface area contributed by atoms with Gasteiger partial charge in [0.2, 0.25) is 5.91 Å². The van der Waals surface area contributed by atoms with Gasteiger partial charge in [-0.15, -0.1) is 0 Å². The number of carbonyl (C=O) groups is 2. The van der Waals surface area contributed by atoms with Gasteiger partial charge in [-0.25, -0.2) is 0 Å². The van der Waals surface area contributed by atoms with Crippen LogP contribution in [-0.2, 0) is 16.0 Å². The fourth-order valence-electron chi connectivity index (χ4n) is 1.91. The van der Waals surface area contributed by atoms with Crippen molar-refractivity contribution in [3.63, 3.8) is 0 Å². The van der Waals surface area contributed by atoms with Gasteiger partial charge < -0.3 is 15.6 Å². The van der Waals surface area contributed by atoms with Crippen LogP contribution in [-0.4, -0.2) is 16.2 Å². The molecule has 6 heteroatoms. The molecule has 0 bridgehead atoms. The van der Waals surface area contributed by atoms with Gasteiger partial charge in [-0.05, 0) is 43.3 Å². The lowest BCUT2D eigenvalue weighted by Crippen LogP contribution is -2.09. The first kappa shape index (κ1) is 16.1. The van der Waals surface area contributed by atoms with Crippen molar-refractivity contribution >= 4 is 34.2 Å². The second-order valence-electron chi connectivity index (χ2n) is 4.78. The van der Waals surface area contributed by atoms with E-state index in [1.807, 2.05) is 0 Å². The summed E-state index contributed by atoms with van der Waals surface area (Å²) in [7, 11) is 0. The van der Waals surface area contributed by atoms with Crippen LogP contribution in [0.25, 0.3) is 0 Å². The average Bonchev–Trinajstić information content (AvgIpc) is 2.48. The minimum Gasteiger partial charge on any atom is -0.606 e. The number of anilines is 2. The summed E-state index contributed by atoms with van der Waals surface area (Å²) >= 11 is -1.40. The van der Waals surface area contributed by atoms with Crippen molar-refractivity contribution in [2.24, 2.45) is 0 Å². The Morgan fingerprint density at radius 1 is 1.05 bits per heavy atom. The van der Waals surface area contributed by atoms with Crippen molar-refractivity contribution in [3.8, 4) is 0 Å². The molecule has 22 heavy (non-hydrogen) atoms. The van der Waals surface area contributed by atoms with E-state index in [2.05, 4.69) is 5.32 Å². The van der Waals surface area contributed by atoms with Crippen molar-refractivity contribution in [1.82, 2.24) is 0 Å². The van der Waals surface area contributed by atoms with Gasteiger partial charge in [0.1, 0.15) is 0 Å². The van der Waals surface area contributed by atoms with Crippen LogP contribution >= 0.6 is 0 Å². The van der Waals surface area contributed by atoms with Crippen LogP contribution in [0.1, 0.15) is 24.2 Å². The summed E-state index contributed by atoms with van der Waals surface area (Å²) in [5, 5.41) is 2.60. The first-order valence-electron chi connectivity index (χ1n) is 6.58. The zero-order valence-electron chi connectivity index (χ0n) is 12.3. The van der Waals surface area contributed by atoms with E-state index in [4.69, 9.17) is 5.73 Å². The van der Waals surface area contributed by atoms with Gasteiger partial charge in [-0.3, -0.25) is 9.59 Å². The van der Waals surface area contributed by atoms with Crippen molar-refractivity contribution in [3.05, 3.63) is 48.0 Å². The lowest BCUT2D eigenvalue weighted by molar-refractivity contribution is -0.114. The number of ketones is 1. The topological polar surface area (TPSA) is 95.2 Å². The molecule has 3 N–H and O–H groups in total. The predicted molar refractivity (Wildman–Crippen MR) is 86.3 cm³/mol. The molecule has 0 aliphatic heterocycles. The molecule has 1 atom stereocenters. The van der Waals surface area contributed by atoms with Crippen LogP contribution in [0.15, 0.2) is 52.3 Å². The van der Waals surface area contributed by atoms with E-state index in [1.165, 1.54) is 13.8 Å². The molecule has 0 spiro atoms. The molecule has 1 amide bonds. The summed E-state index contributed by atoms with van der Waals surface area (Å²) in [5.74, 6) is -0.262. The molecule has 0 heterocycles. The Morgan fingerprint density at radius 3 is 2.14 bits per heavy atom. The van der Waals surface area contributed by atoms with Gasteiger partial charge in [0.25, 0.3) is 0 Å². The second kappa shape index (κ2) is 6.64. The summed E-state index contributed by atoms with van der Waals surface area (Å²) in [6.45, 7) is 2.87. The second-order valence-corrected chi connectivity index (χ2v) is 6.26. The highest BCUT2D eigenvalue weighted by Crippen LogP contribution is 2.27. The normalized spacial score (nSPS) is 11.8. The van der Waals surface area contributed by atoms with Crippen LogP contribution in [0.2, 0.25) is 0 Å². The highest BCUT2D eigenvalue weighted by Gasteiger charge is 2.17. The number of nitrogens with two attached hydrogens (primary N) is 1. The molecule has 2 rings (SSSR count). The standard InChI is InChI=1S/C16H16N2O3S/c1-10(19)12-3-5-13(6-4-12)22(21)14-7-8-16(15(17)9-14)18-11(2)20/h3-9H,17H2,1-2H3,(H,18,20). The minimum absolute atomic E-state index is 0.0405. The highest BCUT2D eigenvalue weighted by atomic mass is 32.2. The largest absolute Gasteiger partial charge is 0.606 e. The summed E-state index contributed by atoms with van der Waals surface area (Å²) < 4.78 is 12.5. The molecule has 5 nitrogen and oxygen atoms in total. The maximum absolute atomic E-state index is 12.5. The summed E-state index contributed by atoms with van der Waals surface area (Å²) in [5.41, 5.74) is 7.26. The number of Topliss-reactive ketones (excluding diaryl/α,β-unsaturated/α-hetero) is 1. The van der Waals surface area contributed by atoms with E-state index in [0.717, 1.165) is 0 Å². The molecular weight excluding hydrogens is 300 g/mol. The van der Waals surface area contributed by atoms with Crippen LogP contribution in [0.3, 0.4) is 0 Å². The first-order valence-corrected chi connectivity index (χ1v) is 7.73. The Balaban J connectivity index is 2.25. The van der Waals surface area contributed by atoms with Crippen LogP contribution in [0.5, 0.6) is 0 Å². The first-order chi connectivity index (χ1) is 10.4. The molecule has 0 aliphatic carbocycles. The van der Waals surface area contributed by atoms with Gasteiger partial charge in [0.15, 0.2) is 15.6 Å². The maximum Gasteiger partial charge on any atom is 0.221 e. The third kappa shape index (κ3) is 3.66. The van der Waals surface area contributed by atoms with E-state index < -0.39 is 11.2 Å². The van der Waals surface area contributed by atoms with E-state index in [0.29, 0.717) is 26.7 Å². The van der Waals surface area contributed by atoms with Crippen molar-refractivity contribution in [2.75, 3.05) is 11.1 Å². The number of hydrogen-bond acceptors (Lipinski definition) is 4. The number of rotatable bonds is 4. The molecular formula is C16H16N2O3S. The fraction of sp³-hybridized carbons (Fsp3) is 0.125. The van der Waals surface area contributed by atoms with Crippen molar-refractivity contribution in [1.29, 1.82) is 0 Å². The van der Waals surface area contributed by atoms with Crippen LogP contribution in [0, 0.1) is 0 Å². The Kier molecular flexibility index (Phi) is 4.85. The summed E-state index contributed by atoms with van der Waals surface area (Å²) in [4.78, 5) is 23.4. The molecule has 114 valence electrons. The number of benzene rings is 2. The fourth-order valence-corrected chi connectivity index (χ4v) is 2.99. The zero-order chi connectivity index (χ0) is 16.3. The van der Waals surface area contributed by atoms with Gasteiger partial charge >= 0.3 is 0 Å². The van der Waals surface area contributed by atoms with E-state index in [-0.39, 0.29) is 11.7 Å². The van der Waals surface area contributed by atoms with E-state index in [9.17, 15) is 14.1 Å². The Morgan fingerprint density at radius 2 is 1.64 bits per heavy atom. The predicted octanol–water partition coefficient (Wildman–Crippen LogP) is 2.60. The number of hydrogen-bond donors (Lipinski definition) is 2. The number of amides is 1. The number of carbonyl (C=O) groups excluding carboxylic acids is 2. The van der Waals surface area contributed by atoms with Gasteiger partial charge in [0.05, 0.1) is 11.4 Å². The van der Waals surface area contributed by atoms with Crippen molar-refractivity contribution in [2.45, 2.75) is 23.6 Å². The molecule has 0 radical (unpaired) electrons. The van der Waals surface area contributed by atoms with Crippen LogP contribution < -0.4 is 11.1 Å². The Bertz CT molecular complexity index is 714. The Hall–Kier alpha value is -2.31. The minimum atomic E-state index is -1.40. The number of nitrogens with one attached hydrogen (secondary N) is 1. The summed E-state index contributed by atoms with van der Waals surface area (Å²) in [6.07, 6.45) is 0. The molecule has 2 aromatic rings. The third-order valence-corrected chi connectivity index (χ3v) is 4.41. The van der Waals surface area contributed by atoms with E-state index >= 15 is 0 Å². The quantitative estimate of drug-likeness (QED) is 0.515. The van der Waals surface area contributed by atoms with Gasteiger partial charge in [-0.2, -0.15) is 0 Å². The summed E-state index contributed by atoms with van der Waals surface area (Å²) in [6, 6.07) is 11.4. The molecule has 2 aromatic carbocycles. The monoisotopic (exact) mass is 316 g/mol. The lowest BCUT2D eigenvalue weighted by Gasteiger charge is -2.12. The third-order valence-electron chi connectivity index (χ3n) is 3.02. The van der Waals surface area contributed by atoms with Crippen molar-refractivity contribution < 1.29 is 14.1 Å². The number of nitrogen functional groups attached to an aromatic ring is 1. The molecule has 0 aliphatic rings. The van der Waals surface area contributed by atoms with Gasteiger partial charge in [-0.1, -0.05) is 0 Å². The molecule has 0 aromatic heterocycles. The zero-order valence-corrected chi connectivity index (χ0v) is 13.1. The molecule has 1 unspecified atom stereocenters. The smallest absolute Gasteiger partial charge is 0.221 e. The molecule has 0 saturated carbocycles. The van der Waals surface area contributed by atoms with Crippen LogP contribution in [0.4, 0.5) is 11.4 Å². The highest BCUT2D eigenvalue weighted by molar-refractivity contribution is 7.91. The average molecular weight is 316 g/mol. The molecule has 0 fully saturated rings. The maximum atomic E-state index is 12.5. The molecule has 0 saturated heterocycles. The van der Waals surface area contributed by atoms with Gasteiger partial charge in [0, 0.05) is 29.7 Å². The lowest BCUT2D eigenvalue weighted by atomic mass is 10.2. The van der Waals surface area contributed by atoms with E-state index in [1.54, 1.807) is 42.5 Å².